The number of rotatable bonds is 0. The van der Waals surface area contributed by atoms with E-state index in [0.29, 0.717) is 5.75 Å². The number of benzene rings is 1. The van der Waals surface area contributed by atoms with Crippen LogP contribution in [0.2, 0.25) is 0 Å². The second-order valence-electron chi connectivity index (χ2n) is 2.80. The van der Waals surface area contributed by atoms with Crippen LogP contribution in [0.1, 0.15) is 12.0 Å². The number of fused-ring (bicyclic) bond motifs is 1. The van der Waals surface area contributed by atoms with Gasteiger partial charge in [-0.2, -0.15) is 0 Å². The van der Waals surface area contributed by atoms with Gasteiger partial charge in [0.2, 0.25) is 0 Å². The van der Waals surface area contributed by atoms with Crippen LogP contribution in [0.3, 0.4) is 0 Å². The minimum Gasteiger partial charge on any atom is -0.493 e. The molecule has 12 heavy (non-hydrogen) atoms. The number of para-hydroxylation sites is 1. The predicted octanol–water partition coefficient (Wildman–Crippen LogP) is 2.56. The monoisotopic (exact) mass is 170 g/mol. The van der Waals surface area contributed by atoms with Crippen LogP contribution in [0.15, 0.2) is 24.3 Å². The van der Waals surface area contributed by atoms with Crippen molar-refractivity contribution >= 4 is 0 Å². The molecule has 1 aromatic carbocycles. The smallest absolute Gasteiger partial charge is 0.280 e. The maximum Gasteiger partial charge on any atom is 0.280 e. The van der Waals surface area contributed by atoms with E-state index in [9.17, 15) is 8.78 Å². The quantitative estimate of drug-likeness (QED) is 0.581. The van der Waals surface area contributed by atoms with Crippen LogP contribution < -0.4 is 4.74 Å². The highest BCUT2D eigenvalue weighted by atomic mass is 19.3. The Morgan fingerprint density at radius 1 is 1.25 bits per heavy atom. The normalized spacial score (nSPS) is 19.5. The van der Waals surface area contributed by atoms with Gasteiger partial charge in [0, 0.05) is 0 Å². The summed E-state index contributed by atoms with van der Waals surface area (Å²) in [7, 11) is 0. The van der Waals surface area contributed by atoms with Crippen LogP contribution in [0.25, 0.3) is 0 Å². The van der Waals surface area contributed by atoms with Gasteiger partial charge in [-0.1, -0.05) is 12.1 Å². The SMILES string of the molecule is FC1(F)CCOc2ccccc21. The largest absolute Gasteiger partial charge is 0.493 e. The Hall–Kier alpha value is -1.12. The summed E-state index contributed by atoms with van der Waals surface area (Å²) < 4.78 is 31.3. The van der Waals surface area contributed by atoms with E-state index in [1.54, 1.807) is 18.2 Å². The molecule has 0 unspecified atom stereocenters. The molecule has 0 spiro atoms. The second-order valence-corrected chi connectivity index (χ2v) is 2.80. The zero-order valence-electron chi connectivity index (χ0n) is 6.39. The number of hydrogen-bond donors (Lipinski definition) is 0. The van der Waals surface area contributed by atoms with Crippen molar-refractivity contribution in [2.45, 2.75) is 12.3 Å². The summed E-state index contributed by atoms with van der Waals surface area (Å²) >= 11 is 0. The van der Waals surface area contributed by atoms with Crippen LogP contribution in [0.4, 0.5) is 8.78 Å². The molecule has 0 fully saturated rings. The zero-order valence-corrected chi connectivity index (χ0v) is 6.39. The third-order valence-corrected chi connectivity index (χ3v) is 1.95. The van der Waals surface area contributed by atoms with Crippen molar-refractivity contribution < 1.29 is 13.5 Å². The van der Waals surface area contributed by atoms with Crippen LogP contribution in [-0.2, 0) is 5.92 Å². The van der Waals surface area contributed by atoms with E-state index in [1.165, 1.54) is 6.07 Å². The van der Waals surface area contributed by atoms with Crippen LogP contribution >= 0.6 is 0 Å². The molecule has 0 atom stereocenters. The second kappa shape index (κ2) is 2.44. The fraction of sp³-hybridized carbons (Fsp3) is 0.333. The summed E-state index contributed by atoms with van der Waals surface area (Å²) in [6.07, 6.45) is -0.218. The Bertz CT molecular complexity index is 296. The van der Waals surface area contributed by atoms with Crippen molar-refractivity contribution in [2.24, 2.45) is 0 Å². The third-order valence-electron chi connectivity index (χ3n) is 1.95. The van der Waals surface area contributed by atoms with Gasteiger partial charge in [-0.3, -0.25) is 0 Å². The summed E-state index contributed by atoms with van der Waals surface area (Å²) in [6, 6.07) is 6.28. The van der Waals surface area contributed by atoms with Crippen LogP contribution in [0.5, 0.6) is 5.75 Å². The lowest BCUT2D eigenvalue weighted by atomic mass is 10.0. The first-order valence-corrected chi connectivity index (χ1v) is 3.80. The summed E-state index contributed by atoms with van der Waals surface area (Å²) in [4.78, 5) is 0. The summed E-state index contributed by atoms with van der Waals surface area (Å²) in [6.45, 7) is 0.101. The molecule has 1 aromatic rings. The van der Waals surface area contributed by atoms with Gasteiger partial charge in [0.05, 0.1) is 18.6 Å². The highest BCUT2D eigenvalue weighted by Gasteiger charge is 2.37. The lowest BCUT2D eigenvalue weighted by Gasteiger charge is -2.24. The molecule has 0 N–H and O–H groups in total. The van der Waals surface area contributed by atoms with Crippen molar-refractivity contribution in [1.29, 1.82) is 0 Å². The predicted molar refractivity (Wildman–Crippen MR) is 40.4 cm³/mol. The molecule has 0 aromatic heterocycles. The van der Waals surface area contributed by atoms with Gasteiger partial charge in [0.25, 0.3) is 5.92 Å². The Labute approximate surface area is 69.0 Å². The minimum absolute atomic E-state index is 0.0104. The van der Waals surface area contributed by atoms with E-state index in [-0.39, 0.29) is 18.6 Å². The number of alkyl halides is 2. The highest BCUT2D eigenvalue weighted by Crippen LogP contribution is 2.40. The van der Waals surface area contributed by atoms with Crippen molar-refractivity contribution in [3.8, 4) is 5.75 Å². The van der Waals surface area contributed by atoms with E-state index < -0.39 is 5.92 Å². The lowest BCUT2D eigenvalue weighted by Crippen LogP contribution is -2.23. The average molecular weight is 170 g/mol. The average Bonchev–Trinajstić information content (AvgIpc) is 2.04. The maximum absolute atomic E-state index is 13.1. The standard InChI is InChI=1S/C9H8F2O/c10-9(11)5-6-12-8-4-2-1-3-7(8)9/h1-4H,5-6H2. The fourth-order valence-electron chi connectivity index (χ4n) is 1.32. The Morgan fingerprint density at radius 3 is 2.75 bits per heavy atom. The van der Waals surface area contributed by atoms with E-state index in [4.69, 9.17) is 4.74 Å². The molecule has 2 rings (SSSR count). The molecule has 0 radical (unpaired) electrons. The van der Waals surface area contributed by atoms with Gasteiger partial charge < -0.3 is 4.74 Å². The van der Waals surface area contributed by atoms with E-state index in [2.05, 4.69) is 0 Å². The van der Waals surface area contributed by atoms with Crippen molar-refractivity contribution in [1.82, 2.24) is 0 Å². The van der Waals surface area contributed by atoms with Gasteiger partial charge >= 0.3 is 0 Å². The Balaban J connectivity index is 2.52. The molecular weight excluding hydrogens is 162 g/mol. The molecule has 0 aliphatic carbocycles. The number of halogens is 2. The van der Waals surface area contributed by atoms with Gasteiger partial charge in [-0.05, 0) is 12.1 Å². The first-order valence-electron chi connectivity index (χ1n) is 3.80. The molecular formula is C9H8F2O. The summed E-state index contributed by atoms with van der Waals surface area (Å²) in [5, 5.41) is 0. The van der Waals surface area contributed by atoms with Crippen molar-refractivity contribution in [3.63, 3.8) is 0 Å². The van der Waals surface area contributed by atoms with Gasteiger partial charge in [-0.25, -0.2) is 8.78 Å². The van der Waals surface area contributed by atoms with Crippen LogP contribution in [0, 0.1) is 0 Å². The van der Waals surface area contributed by atoms with E-state index >= 15 is 0 Å². The molecule has 1 aliphatic rings. The zero-order chi connectivity index (χ0) is 8.60. The first-order chi connectivity index (χ1) is 5.70. The third kappa shape index (κ3) is 1.05. The molecule has 0 bridgehead atoms. The molecule has 1 nitrogen and oxygen atoms in total. The van der Waals surface area contributed by atoms with Crippen LogP contribution in [-0.4, -0.2) is 6.61 Å². The van der Waals surface area contributed by atoms with Crippen molar-refractivity contribution in [2.75, 3.05) is 6.61 Å². The molecule has 3 heteroatoms. The van der Waals surface area contributed by atoms with Gasteiger partial charge in [0.1, 0.15) is 5.75 Å². The van der Waals surface area contributed by atoms with Crippen molar-refractivity contribution in [3.05, 3.63) is 29.8 Å². The maximum atomic E-state index is 13.1. The topological polar surface area (TPSA) is 9.23 Å². The first kappa shape index (κ1) is 7.53. The van der Waals surface area contributed by atoms with Gasteiger partial charge in [0.15, 0.2) is 0 Å². The molecule has 0 saturated heterocycles. The van der Waals surface area contributed by atoms with E-state index in [1.807, 2.05) is 0 Å². The molecule has 64 valence electrons. The summed E-state index contributed by atoms with van der Waals surface area (Å²) in [5.41, 5.74) is 0.0104. The lowest BCUT2D eigenvalue weighted by molar-refractivity contribution is -0.0404. The highest BCUT2D eigenvalue weighted by molar-refractivity contribution is 5.38. The molecule has 0 saturated carbocycles. The fourth-order valence-corrected chi connectivity index (χ4v) is 1.32. The molecule has 0 amide bonds. The van der Waals surface area contributed by atoms with E-state index in [0.717, 1.165) is 0 Å². The minimum atomic E-state index is -2.71. The Morgan fingerprint density at radius 2 is 2.00 bits per heavy atom. The Kier molecular flexibility index (Phi) is 1.53. The molecule has 1 heterocycles. The summed E-state index contributed by atoms with van der Waals surface area (Å²) in [5.74, 6) is -2.40. The van der Waals surface area contributed by atoms with Gasteiger partial charge in [-0.15, -0.1) is 0 Å². The number of ether oxygens (including phenoxy) is 1. The number of hydrogen-bond acceptors (Lipinski definition) is 1. The molecule has 1 aliphatic heterocycles.